The lowest BCUT2D eigenvalue weighted by atomic mass is 10.1. The predicted molar refractivity (Wildman–Crippen MR) is 79.5 cm³/mol. The van der Waals surface area contributed by atoms with Crippen LogP contribution in [-0.2, 0) is 9.53 Å². The number of carboxylic acid groups (broad SMARTS) is 1. The summed E-state index contributed by atoms with van der Waals surface area (Å²) in [7, 11) is 3.19. The molecule has 2 amide bonds. The van der Waals surface area contributed by atoms with Crippen molar-refractivity contribution >= 4 is 23.6 Å². The molecule has 0 fully saturated rings. The van der Waals surface area contributed by atoms with Crippen LogP contribution in [0, 0.1) is 0 Å². The van der Waals surface area contributed by atoms with Crippen LogP contribution in [0.3, 0.4) is 0 Å². The van der Waals surface area contributed by atoms with E-state index in [9.17, 15) is 9.59 Å². The summed E-state index contributed by atoms with van der Waals surface area (Å²) in [4.78, 5) is 23.9. The van der Waals surface area contributed by atoms with Crippen LogP contribution in [0.5, 0.6) is 0 Å². The molecule has 0 spiro atoms. The Morgan fingerprint density at radius 2 is 2.00 bits per heavy atom. The number of urea groups is 1. The smallest absolute Gasteiger partial charge is 0.317 e. The maximum absolute atomic E-state index is 12.0. The lowest BCUT2D eigenvalue weighted by Gasteiger charge is -2.28. The lowest BCUT2D eigenvalue weighted by Crippen LogP contribution is -2.41. The van der Waals surface area contributed by atoms with Crippen molar-refractivity contribution in [1.82, 2.24) is 10.2 Å². The zero-order chi connectivity index (χ0) is 15.8. The number of carbonyl (C=O) groups is 2. The number of nitrogens with zero attached hydrogens (tertiary/aromatic N) is 1. The Labute approximate surface area is 128 Å². The van der Waals surface area contributed by atoms with Crippen molar-refractivity contribution < 1.29 is 19.4 Å². The van der Waals surface area contributed by atoms with Gasteiger partial charge in [-0.2, -0.15) is 0 Å². The molecule has 0 aliphatic heterocycles. The number of carbonyl (C=O) groups excluding carboxylic acids is 1. The summed E-state index contributed by atoms with van der Waals surface area (Å²) in [6.07, 6.45) is -0.116. The molecule has 6 nitrogen and oxygen atoms in total. The zero-order valence-electron chi connectivity index (χ0n) is 12.0. The van der Waals surface area contributed by atoms with Crippen LogP contribution in [-0.4, -0.2) is 49.3 Å². The van der Waals surface area contributed by atoms with Gasteiger partial charge in [0.25, 0.3) is 0 Å². The van der Waals surface area contributed by atoms with Gasteiger partial charge in [-0.25, -0.2) is 4.79 Å². The topological polar surface area (TPSA) is 78.9 Å². The minimum absolute atomic E-state index is 0.0822. The van der Waals surface area contributed by atoms with Gasteiger partial charge in [0.05, 0.1) is 19.1 Å². The highest BCUT2D eigenvalue weighted by atomic mass is 35.5. The molecule has 2 N–H and O–H groups in total. The van der Waals surface area contributed by atoms with Crippen molar-refractivity contribution in [2.75, 3.05) is 27.3 Å². The molecule has 7 heteroatoms. The van der Waals surface area contributed by atoms with Crippen molar-refractivity contribution in [3.05, 3.63) is 34.9 Å². The fourth-order valence-electron chi connectivity index (χ4n) is 1.82. The number of methoxy groups -OCH3 is 1. The third-order valence-corrected chi connectivity index (χ3v) is 3.23. The van der Waals surface area contributed by atoms with Gasteiger partial charge in [0, 0.05) is 25.7 Å². The number of benzene rings is 1. The van der Waals surface area contributed by atoms with Crippen LogP contribution in [0.4, 0.5) is 4.79 Å². The summed E-state index contributed by atoms with van der Waals surface area (Å²) >= 11 is 5.85. The average Bonchev–Trinajstić information content (AvgIpc) is 2.44. The van der Waals surface area contributed by atoms with Crippen LogP contribution >= 0.6 is 11.6 Å². The molecule has 21 heavy (non-hydrogen) atoms. The minimum atomic E-state index is -0.955. The van der Waals surface area contributed by atoms with E-state index >= 15 is 0 Å². The molecule has 0 aliphatic rings. The van der Waals surface area contributed by atoms with Crippen LogP contribution in [0.25, 0.3) is 0 Å². The predicted octanol–water partition coefficient (Wildman–Crippen LogP) is 2.14. The first-order valence-corrected chi connectivity index (χ1v) is 6.80. The van der Waals surface area contributed by atoms with Crippen LogP contribution in [0.15, 0.2) is 24.3 Å². The Bertz CT molecular complexity index is 478. The Balaban J connectivity index is 2.72. The molecule has 0 bridgehead atoms. The molecule has 1 rings (SSSR count). The van der Waals surface area contributed by atoms with E-state index in [0.717, 1.165) is 5.56 Å². The van der Waals surface area contributed by atoms with Gasteiger partial charge in [0.15, 0.2) is 0 Å². The largest absolute Gasteiger partial charge is 0.481 e. The molecular weight excluding hydrogens is 296 g/mol. The van der Waals surface area contributed by atoms with E-state index in [4.69, 9.17) is 21.4 Å². The number of rotatable bonds is 7. The zero-order valence-corrected chi connectivity index (χ0v) is 12.8. The van der Waals surface area contributed by atoms with E-state index in [2.05, 4.69) is 5.32 Å². The second-order valence-corrected chi connectivity index (χ2v) is 4.95. The maximum atomic E-state index is 12.0. The monoisotopic (exact) mass is 314 g/mol. The summed E-state index contributed by atoms with van der Waals surface area (Å²) in [5.41, 5.74) is 0.886. The Morgan fingerprint density at radius 3 is 2.52 bits per heavy atom. The van der Waals surface area contributed by atoms with Crippen molar-refractivity contribution in [2.24, 2.45) is 0 Å². The van der Waals surface area contributed by atoms with Gasteiger partial charge in [-0.1, -0.05) is 23.7 Å². The summed E-state index contributed by atoms with van der Waals surface area (Å²) in [6, 6.07) is 6.51. The van der Waals surface area contributed by atoms with E-state index in [1.165, 1.54) is 4.90 Å². The first kappa shape index (κ1) is 17.3. The quantitative estimate of drug-likeness (QED) is 0.808. The van der Waals surface area contributed by atoms with E-state index in [-0.39, 0.29) is 25.0 Å². The van der Waals surface area contributed by atoms with Gasteiger partial charge in [-0.3, -0.25) is 4.79 Å². The second-order valence-electron chi connectivity index (χ2n) is 4.51. The molecule has 1 aromatic carbocycles. The maximum Gasteiger partial charge on any atom is 0.317 e. The van der Waals surface area contributed by atoms with Gasteiger partial charge >= 0.3 is 12.0 Å². The van der Waals surface area contributed by atoms with E-state index in [0.29, 0.717) is 11.6 Å². The number of halogens is 1. The second kappa shape index (κ2) is 8.49. The minimum Gasteiger partial charge on any atom is -0.481 e. The number of hydrogen-bond acceptors (Lipinski definition) is 3. The standard InChI is InChI=1S/C14H19ClN2O4/c1-17(14(20)16-8-7-13(18)19)12(9-21-2)10-3-5-11(15)6-4-10/h3-6,12H,7-9H2,1-2H3,(H,16,20)(H,18,19). The normalized spacial score (nSPS) is 11.8. The highest BCUT2D eigenvalue weighted by molar-refractivity contribution is 6.30. The Hall–Kier alpha value is -1.79. The van der Waals surface area contributed by atoms with Crippen LogP contribution in [0.1, 0.15) is 18.0 Å². The number of hydrogen-bond donors (Lipinski definition) is 2. The van der Waals surface area contributed by atoms with Gasteiger partial charge in [-0.15, -0.1) is 0 Å². The summed E-state index contributed by atoms with van der Waals surface area (Å²) in [5, 5.41) is 11.7. The number of nitrogens with one attached hydrogen (secondary N) is 1. The number of carboxylic acids is 1. The molecule has 0 saturated heterocycles. The molecule has 0 aliphatic carbocycles. The Morgan fingerprint density at radius 1 is 1.38 bits per heavy atom. The SMILES string of the molecule is COCC(c1ccc(Cl)cc1)N(C)C(=O)NCCC(=O)O. The summed E-state index contributed by atoms with van der Waals surface area (Å²) in [6.45, 7) is 0.406. The summed E-state index contributed by atoms with van der Waals surface area (Å²) < 4.78 is 5.15. The third-order valence-electron chi connectivity index (χ3n) is 2.98. The van der Waals surface area contributed by atoms with Crippen molar-refractivity contribution in [3.63, 3.8) is 0 Å². The van der Waals surface area contributed by atoms with Crippen molar-refractivity contribution in [1.29, 1.82) is 0 Å². The van der Waals surface area contributed by atoms with E-state index < -0.39 is 5.97 Å². The van der Waals surface area contributed by atoms with Gasteiger partial charge in [-0.05, 0) is 17.7 Å². The van der Waals surface area contributed by atoms with Gasteiger partial charge in [0.1, 0.15) is 0 Å². The fourth-order valence-corrected chi connectivity index (χ4v) is 1.94. The lowest BCUT2D eigenvalue weighted by molar-refractivity contribution is -0.136. The van der Waals surface area contributed by atoms with E-state index in [1.807, 2.05) is 12.1 Å². The highest BCUT2D eigenvalue weighted by Gasteiger charge is 2.21. The van der Waals surface area contributed by atoms with Gasteiger partial charge < -0.3 is 20.1 Å². The van der Waals surface area contributed by atoms with Crippen molar-refractivity contribution in [3.8, 4) is 0 Å². The molecule has 1 aromatic rings. The highest BCUT2D eigenvalue weighted by Crippen LogP contribution is 2.21. The number of likely N-dealkylation sites (N-methyl/N-ethyl adjacent to an activating group) is 1. The van der Waals surface area contributed by atoms with Crippen LogP contribution < -0.4 is 5.32 Å². The molecule has 0 heterocycles. The molecule has 116 valence electrons. The average molecular weight is 315 g/mol. The van der Waals surface area contributed by atoms with Crippen molar-refractivity contribution in [2.45, 2.75) is 12.5 Å². The number of amides is 2. The molecule has 0 saturated carbocycles. The molecule has 1 unspecified atom stereocenters. The number of aliphatic carboxylic acids is 1. The molecule has 0 aromatic heterocycles. The number of ether oxygens (including phenoxy) is 1. The third kappa shape index (κ3) is 5.61. The fraction of sp³-hybridized carbons (Fsp3) is 0.429. The Kier molecular flexibility index (Phi) is 6.98. The van der Waals surface area contributed by atoms with Gasteiger partial charge in [0.2, 0.25) is 0 Å². The first-order valence-electron chi connectivity index (χ1n) is 6.42. The first-order chi connectivity index (χ1) is 9.95. The summed E-state index contributed by atoms with van der Waals surface area (Å²) in [5.74, 6) is -0.955. The molecule has 1 atom stereocenters. The molecular formula is C14H19ClN2O4. The molecule has 0 radical (unpaired) electrons. The van der Waals surface area contributed by atoms with Crippen LogP contribution in [0.2, 0.25) is 5.02 Å². The van der Waals surface area contributed by atoms with E-state index in [1.54, 1.807) is 26.3 Å².